The molecule has 148 valence electrons. The third-order valence-corrected chi connectivity index (χ3v) is 5.26. The predicted octanol–water partition coefficient (Wildman–Crippen LogP) is 2.73. The molecule has 0 saturated heterocycles. The molecule has 0 radical (unpaired) electrons. The first-order valence-corrected chi connectivity index (χ1v) is 9.13. The normalized spacial score (nSPS) is 12.5. The van der Waals surface area contributed by atoms with Crippen molar-refractivity contribution in [3.8, 4) is 5.75 Å². The maximum Gasteiger partial charge on any atom is 0.387 e. The van der Waals surface area contributed by atoms with Crippen LogP contribution >= 0.6 is 11.3 Å². The van der Waals surface area contributed by atoms with Gasteiger partial charge in [0.1, 0.15) is 10.8 Å². The van der Waals surface area contributed by atoms with Crippen LogP contribution in [0.5, 0.6) is 5.75 Å². The number of carbonyl (C=O) groups is 3. The zero-order chi connectivity index (χ0) is 20.3. The molecule has 3 rings (SSSR count). The lowest BCUT2D eigenvalue weighted by molar-refractivity contribution is -0.119. The van der Waals surface area contributed by atoms with E-state index in [9.17, 15) is 23.2 Å². The van der Waals surface area contributed by atoms with E-state index in [1.807, 2.05) is 0 Å². The van der Waals surface area contributed by atoms with Gasteiger partial charge < -0.3 is 20.5 Å². The zero-order valence-corrected chi connectivity index (χ0v) is 15.3. The van der Waals surface area contributed by atoms with Crippen LogP contribution in [0.2, 0.25) is 0 Å². The molecule has 2 amide bonds. The van der Waals surface area contributed by atoms with Crippen LogP contribution < -0.4 is 15.8 Å². The molecule has 1 heterocycles. The number of rotatable bonds is 7. The number of ether oxygens (including phenoxy) is 2. The predicted molar refractivity (Wildman–Crippen MR) is 96.8 cm³/mol. The second-order valence-electron chi connectivity index (χ2n) is 5.96. The molecule has 1 aromatic carbocycles. The molecule has 1 aliphatic rings. The van der Waals surface area contributed by atoms with Gasteiger partial charge in [-0.15, -0.1) is 11.3 Å². The number of carbonyl (C=O) groups excluding carboxylic acids is 3. The number of anilines is 1. The van der Waals surface area contributed by atoms with Crippen molar-refractivity contribution >= 4 is 34.1 Å². The summed E-state index contributed by atoms with van der Waals surface area (Å²) in [5, 5.41) is 2.88. The van der Waals surface area contributed by atoms with Gasteiger partial charge >= 0.3 is 12.6 Å². The van der Waals surface area contributed by atoms with E-state index in [4.69, 9.17) is 10.5 Å². The first-order valence-electron chi connectivity index (χ1n) is 8.31. The number of halogens is 2. The number of fused-ring (bicyclic) bond motifs is 1. The molecule has 0 aliphatic heterocycles. The molecule has 0 saturated carbocycles. The number of hydrogen-bond acceptors (Lipinski definition) is 6. The zero-order valence-electron chi connectivity index (χ0n) is 14.5. The molecule has 0 spiro atoms. The van der Waals surface area contributed by atoms with E-state index in [-0.39, 0.29) is 11.3 Å². The van der Waals surface area contributed by atoms with Crippen molar-refractivity contribution in [3.05, 3.63) is 45.8 Å². The van der Waals surface area contributed by atoms with E-state index in [1.54, 1.807) is 0 Å². The second-order valence-corrected chi connectivity index (χ2v) is 7.06. The summed E-state index contributed by atoms with van der Waals surface area (Å²) in [6.45, 7) is -3.64. The SMILES string of the molecule is NC(=O)c1c(NC(=O)COC(=O)c2cccc(OC(F)F)c2)sc2c1CCC2. The van der Waals surface area contributed by atoms with Crippen molar-refractivity contribution in [3.63, 3.8) is 0 Å². The van der Waals surface area contributed by atoms with E-state index >= 15 is 0 Å². The van der Waals surface area contributed by atoms with Crippen LogP contribution in [0.1, 0.15) is 37.6 Å². The van der Waals surface area contributed by atoms with Gasteiger partial charge in [-0.05, 0) is 43.0 Å². The number of esters is 1. The number of primary amides is 1. The van der Waals surface area contributed by atoms with Gasteiger partial charge in [0, 0.05) is 4.88 Å². The second kappa shape index (κ2) is 8.34. The smallest absolute Gasteiger partial charge is 0.387 e. The molecule has 1 aliphatic carbocycles. The fourth-order valence-corrected chi connectivity index (χ4v) is 4.24. The number of alkyl halides is 2. The van der Waals surface area contributed by atoms with Crippen molar-refractivity contribution < 1.29 is 32.6 Å². The third-order valence-electron chi connectivity index (χ3n) is 4.05. The van der Waals surface area contributed by atoms with Gasteiger partial charge in [-0.2, -0.15) is 8.78 Å². The standard InChI is InChI=1S/C18H16F2N2O5S/c19-18(20)27-10-4-1-3-9(7-10)17(25)26-8-13(23)22-16-14(15(21)24)11-5-2-6-12(11)28-16/h1,3-4,7,18H,2,5-6,8H2,(H2,21,24)(H,22,23). The quantitative estimate of drug-likeness (QED) is 0.683. The number of nitrogens with one attached hydrogen (secondary N) is 1. The van der Waals surface area contributed by atoms with Crippen molar-refractivity contribution in [2.24, 2.45) is 5.73 Å². The molecule has 7 nitrogen and oxygen atoms in total. The van der Waals surface area contributed by atoms with Gasteiger partial charge in [-0.1, -0.05) is 6.07 Å². The Morgan fingerprint density at radius 1 is 1.25 bits per heavy atom. The monoisotopic (exact) mass is 410 g/mol. The van der Waals surface area contributed by atoms with Crippen LogP contribution in [0.25, 0.3) is 0 Å². The van der Waals surface area contributed by atoms with Crippen LogP contribution in [0.15, 0.2) is 24.3 Å². The van der Waals surface area contributed by atoms with Gasteiger partial charge in [0.2, 0.25) is 0 Å². The molecule has 0 bridgehead atoms. The number of hydrogen-bond donors (Lipinski definition) is 2. The van der Waals surface area contributed by atoms with E-state index in [2.05, 4.69) is 10.1 Å². The first-order chi connectivity index (χ1) is 13.3. The van der Waals surface area contributed by atoms with E-state index in [0.29, 0.717) is 10.6 Å². The average molecular weight is 410 g/mol. The summed E-state index contributed by atoms with van der Waals surface area (Å²) in [6.07, 6.45) is 2.48. The third kappa shape index (κ3) is 4.45. The van der Waals surface area contributed by atoms with Crippen LogP contribution in [-0.2, 0) is 22.4 Å². The van der Waals surface area contributed by atoms with Gasteiger partial charge in [0.25, 0.3) is 11.8 Å². The number of amides is 2. The average Bonchev–Trinajstić information content (AvgIpc) is 3.19. The van der Waals surface area contributed by atoms with Gasteiger partial charge in [0.15, 0.2) is 6.61 Å². The molecule has 28 heavy (non-hydrogen) atoms. The van der Waals surface area contributed by atoms with E-state index < -0.39 is 31.0 Å². The summed E-state index contributed by atoms with van der Waals surface area (Å²) in [7, 11) is 0. The van der Waals surface area contributed by atoms with Gasteiger partial charge in [-0.25, -0.2) is 4.79 Å². The Kier molecular flexibility index (Phi) is 5.88. The summed E-state index contributed by atoms with van der Waals surface area (Å²) in [5.74, 6) is -2.34. The molecule has 1 aromatic heterocycles. The summed E-state index contributed by atoms with van der Waals surface area (Å²) >= 11 is 1.28. The fourth-order valence-electron chi connectivity index (χ4n) is 2.93. The van der Waals surface area contributed by atoms with Crippen molar-refractivity contribution in [1.29, 1.82) is 0 Å². The maximum atomic E-state index is 12.2. The number of aryl methyl sites for hydroxylation is 1. The van der Waals surface area contributed by atoms with Gasteiger partial charge in [0.05, 0.1) is 11.1 Å². The molecular formula is C18H16F2N2O5S. The Hall–Kier alpha value is -3.01. The molecule has 0 atom stereocenters. The van der Waals surface area contributed by atoms with E-state index in [0.717, 1.165) is 35.8 Å². The fraction of sp³-hybridized carbons (Fsp3) is 0.278. The Balaban J connectivity index is 1.61. The van der Waals surface area contributed by atoms with Crippen molar-refractivity contribution in [2.45, 2.75) is 25.9 Å². The van der Waals surface area contributed by atoms with Crippen LogP contribution in [0, 0.1) is 0 Å². The molecule has 0 fully saturated rings. The summed E-state index contributed by atoms with van der Waals surface area (Å²) in [6, 6.07) is 5.03. The van der Waals surface area contributed by atoms with Crippen molar-refractivity contribution in [1.82, 2.24) is 0 Å². The summed E-state index contributed by atoms with van der Waals surface area (Å²) in [4.78, 5) is 36.8. The Morgan fingerprint density at radius 3 is 2.75 bits per heavy atom. The molecule has 3 N–H and O–H groups in total. The molecule has 2 aromatic rings. The Morgan fingerprint density at radius 2 is 2.04 bits per heavy atom. The Bertz CT molecular complexity index is 929. The maximum absolute atomic E-state index is 12.2. The minimum Gasteiger partial charge on any atom is -0.452 e. The minimum atomic E-state index is -3.02. The number of nitrogens with two attached hydrogens (primary N) is 1. The number of thiophene rings is 1. The highest BCUT2D eigenvalue weighted by Gasteiger charge is 2.26. The summed E-state index contributed by atoms with van der Waals surface area (Å²) in [5.41, 5.74) is 6.54. The largest absolute Gasteiger partial charge is 0.452 e. The summed E-state index contributed by atoms with van der Waals surface area (Å²) < 4.78 is 33.6. The lowest BCUT2D eigenvalue weighted by Crippen LogP contribution is -2.22. The molecule has 10 heteroatoms. The van der Waals surface area contributed by atoms with Crippen LogP contribution in [-0.4, -0.2) is 31.0 Å². The minimum absolute atomic E-state index is 0.0427. The molecular weight excluding hydrogens is 394 g/mol. The highest BCUT2D eigenvalue weighted by atomic mass is 32.1. The van der Waals surface area contributed by atoms with Crippen LogP contribution in [0.3, 0.4) is 0 Å². The molecule has 0 unspecified atom stereocenters. The lowest BCUT2D eigenvalue weighted by atomic mass is 10.1. The lowest BCUT2D eigenvalue weighted by Gasteiger charge is -2.08. The highest BCUT2D eigenvalue weighted by Crippen LogP contribution is 2.38. The van der Waals surface area contributed by atoms with Gasteiger partial charge in [-0.3, -0.25) is 9.59 Å². The Labute approximate surface area is 162 Å². The number of benzene rings is 1. The topological polar surface area (TPSA) is 108 Å². The van der Waals surface area contributed by atoms with E-state index in [1.165, 1.54) is 29.5 Å². The highest BCUT2D eigenvalue weighted by molar-refractivity contribution is 7.17. The first kappa shape index (κ1) is 19.7. The van der Waals surface area contributed by atoms with Crippen molar-refractivity contribution in [2.75, 3.05) is 11.9 Å². The van der Waals surface area contributed by atoms with Crippen LogP contribution in [0.4, 0.5) is 13.8 Å².